The van der Waals surface area contributed by atoms with Crippen molar-refractivity contribution in [2.45, 2.75) is 39.2 Å². The molecule has 4 rings (SSSR count). The number of amides is 2. The molecule has 1 spiro atoms. The van der Waals surface area contributed by atoms with Gasteiger partial charge in [0, 0.05) is 50.1 Å². The van der Waals surface area contributed by atoms with Crippen LogP contribution in [-0.4, -0.2) is 56.2 Å². The number of carbonyl (C=O) groups is 2. The molecule has 2 amide bonds. The van der Waals surface area contributed by atoms with E-state index in [1.165, 1.54) is 0 Å². The summed E-state index contributed by atoms with van der Waals surface area (Å²) in [5.41, 5.74) is 2.25. The average Bonchev–Trinajstić information content (AvgIpc) is 2.73. The second-order valence-corrected chi connectivity index (χ2v) is 7.97. The van der Waals surface area contributed by atoms with Gasteiger partial charge in [-0.25, -0.2) is 0 Å². The Balaban J connectivity index is 1.48. The molecule has 1 atom stereocenters. The van der Waals surface area contributed by atoms with Crippen molar-refractivity contribution in [1.82, 2.24) is 24.8 Å². The van der Waals surface area contributed by atoms with Crippen LogP contribution in [0.2, 0.25) is 0 Å². The Hall–Kier alpha value is -2.83. The van der Waals surface area contributed by atoms with Gasteiger partial charge in [-0.1, -0.05) is 0 Å². The Labute approximate surface area is 164 Å². The van der Waals surface area contributed by atoms with Gasteiger partial charge in [0.25, 0.3) is 5.91 Å². The van der Waals surface area contributed by atoms with E-state index in [4.69, 9.17) is 0 Å². The Morgan fingerprint density at radius 1 is 1.18 bits per heavy atom. The molecular weight excluding hydrogens is 354 g/mol. The Kier molecular flexibility index (Phi) is 5.07. The van der Waals surface area contributed by atoms with Crippen molar-refractivity contribution in [1.29, 1.82) is 0 Å². The molecule has 146 valence electrons. The number of rotatable bonds is 3. The first-order chi connectivity index (χ1) is 13.5. The van der Waals surface area contributed by atoms with Crippen LogP contribution in [0.1, 0.15) is 47.4 Å². The summed E-state index contributed by atoms with van der Waals surface area (Å²) >= 11 is 0. The highest BCUT2D eigenvalue weighted by Gasteiger charge is 2.42. The van der Waals surface area contributed by atoms with E-state index in [9.17, 15) is 9.59 Å². The molecule has 2 saturated heterocycles. The smallest absolute Gasteiger partial charge is 0.255 e. The molecule has 0 radical (unpaired) electrons. The topological polar surface area (TPSA) is 79.3 Å². The van der Waals surface area contributed by atoms with E-state index in [0.29, 0.717) is 31.6 Å². The molecule has 2 aromatic heterocycles. The minimum absolute atomic E-state index is 0.0278. The summed E-state index contributed by atoms with van der Waals surface area (Å²) in [4.78, 5) is 42.0. The maximum atomic E-state index is 12.9. The first-order valence-corrected chi connectivity index (χ1v) is 9.79. The van der Waals surface area contributed by atoms with Crippen molar-refractivity contribution < 1.29 is 9.59 Å². The second kappa shape index (κ2) is 7.66. The number of hydrogen-bond acceptors (Lipinski definition) is 5. The average molecular weight is 379 g/mol. The van der Waals surface area contributed by atoms with Gasteiger partial charge in [-0.3, -0.25) is 24.5 Å². The van der Waals surface area contributed by atoms with Crippen molar-refractivity contribution >= 4 is 11.8 Å². The maximum Gasteiger partial charge on any atom is 0.255 e. The molecule has 28 heavy (non-hydrogen) atoms. The van der Waals surface area contributed by atoms with Crippen LogP contribution >= 0.6 is 0 Å². The van der Waals surface area contributed by atoms with E-state index in [1.54, 1.807) is 30.9 Å². The van der Waals surface area contributed by atoms with Crippen LogP contribution in [0.3, 0.4) is 0 Å². The molecule has 2 aliphatic rings. The number of hydrogen-bond donors (Lipinski definition) is 0. The van der Waals surface area contributed by atoms with Gasteiger partial charge in [0.2, 0.25) is 5.91 Å². The van der Waals surface area contributed by atoms with Crippen LogP contribution in [0, 0.1) is 12.3 Å². The molecule has 1 unspecified atom stereocenters. The normalized spacial score (nSPS) is 22.5. The van der Waals surface area contributed by atoms with Gasteiger partial charge in [0.05, 0.1) is 29.7 Å². The fraction of sp³-hybridized carbons (Fsp3) is 0.476. The van der Waals surface area contributed by atoms with Crippen LogP contribution in [0.5, 0.6) is 0 Å². The standard InChI is InChI=1S/C21H25N5O2/c1-16-10-24-18(12-23-16)13-26-15-21(7-5-19(26)27)6-3-9-25(14-21)20(28)17-4-2-8-22-11-17/h2,4,8,10-12H,3,5-7,9,13-15H2,1H3. The van der Waals surface area contributed by atoms with Crippen LogP contribution in [0.4, 0.5) is 0 Å². The highest BCUT2D eigenvalue weighted by Crippen LogP contribution is 2.39. The SMILES string of the molecule is Cc1cnc(CN2CC3(CCCN(C(=O)c4cccnc4)C3)CCC2=O)cn1. The van der Waals surface area contributed by atoms with Crippen molar-refractivity contribution in [3.63, 3.8) is 0 Å². The first kappa shape index (κ1) is 18.5. The van der Waals surface area contributed by atoms with Crippen molar-refractivity contribution in [3.8, 4) is 0 Å². The number of pyridine rings is 1. The molecule has 2 fully saturated rings. The molecule has 0 bridgehead atoms. The maximum absolute atomic E-state index is 12.9. The van der Waals surface area contributed by atoms with Gasteiger partial charge in [-0.15, -0.1) is 0 Å². The second-order valence-electron chi connectivity index (χ2n) is 7.97. The number of nitrogens with zero attached hydrogens (tertiary/aromatic N) is 5. The van der Waals surface area contributed by atoms with Gasteiger partial charge < -0.3 is 9.80 Å². The van der Waals surface area contributed by atoms with Gasteiger partial charge in [-0.05, 0) is 38.3 Å². The lowest BCUT2D eigenvalue weighted by atomic mass is 9.73. The molecule has 0 saturated carbocycles. The Bertz CT molecular complexity index is 855. The van der Waals surface area contributed by atoms with Crippen LogP contribution in [0.25, 0.3) is 0 Å². The molecule has 2 aliphatic heterocycles. The molecule has 0 aliphatic carbocycles. The zero-order chi connectivity index (χ0) is 19.6. The van der Waals surface area contributed by atoms with Crippen molar-refractivity contribution in [2.24, 2.45) is 5.41 Å². The van der Waals surface area contributed by atoms with E-state index >= 15 is 0 Å². The summed E-state index contributed by atoms with van der Waals surface area (Å²) < 4.78 is 0. The molecule has 0 N–H and O–H groups in total. The summed E-state index contributed by atoms with van der Waals surface area (Å²) in [5, 5.41) is 0. The number of likely N-dealkylation sites (tertiary alicyclic amines) is 2. The molecule has 2 aromatic rings. The van der Waals surface area contributed by atoms with Crippen molar-refractivity contribution in [3.05, 3.63) is 53.9 Å². The van der Waals surface area contributed by atoms with Gasteiger partial charge >= 0.3 is 0 Å². The first-order valence-electron chi connectivity index (χ1n) is 9.79. The van der Waals surface area contributed by atoms with Crippen molar-refractivity contribution in [2.75, 3.05) is 19.6 Å². The van der Waals surface area contributed by atoms with E-state index in [1.807, 2.05) is 22.8 Å². The summed E-state index contributed by atoms with van der Waals surface area (Å²) in [7, 11) is 0. The Morgan fingerprint density at radius 3 is 2.82 bits per heavy atom. The minimum Gasteiger partial charge on any atom is -0.338 e. The number of piperidine rings is 2. The van der Waals surface area contributed by atoms with Crippen LogP contribution in [0.15, 0.2) is 36.9 Å². The third kappa shape index (κ3) is 3.88. The van der Waals surface area contributed by atoms with Crippen LogP contribution < -0.4 is 0 Å². The lowest BCUT2D eigenvalue weighted by Gasteiger charge is -2.48. The molecule has 7 nitrogen and oxygen atoms in total. The lowest BCUT2D eigenvalue weighted by molar-refractivity contribution is -0.139. The highest BCUT2D eigenvalue weighted by molar-refractivity contribution is 5.94. The zero-order valence-electron chi connectivity index (χ0n) is 16.2. The van der Waals surface area contributed by atoms with E-state index in [-0.39, 0.29) is 17.2 Å². The third-order valence-electron chi connectivity index (χ3n) is 5.79. The van der Waals surface area contributed by atoms with Gasteiger partial charge in [-0.2, -0.15) is 0 Å². The largest absolute Gasteiger partial charge is 0.338 e. The molecular formula is C21H25N5O2. The fourth-order valence-electron chi connectivity index (χ4n) is 4.33. The monoisotopic (exact) mass is 379 g/mol. The Morgan fingerprint density at radius 2 is 2.07 bits per heavy atom. The van der Waals surface area contributed by atoms with E-state index in [2.05, 4.69) is 15.0 Å². The molecule has 4 heterocycles. The molecule has 7 heteroatoms. The highest BCUT2D eigenvalue weighted by atomic mass is 16.2. The van der Waals surface area contributed by atoms with E-state index < -0.39 is 0 Å². The lowest BCUT2D eigenvalue weighted by Crippen LogP contribution is -2.54. The van der Waals surface area contributed by atoms with Crippen LogP contribution in [-0.2, 0) is 11.3 Å². The van der Waals surface area contributed by atoms with Gasteiger partial charge in [0.1, 0.15) is 0 Å². The predicted molar refractivity (Wildman–Crippen MR) is 103 cm³/mol. The summed E-state index contributed by atoms with van der Waals surface area (Å²) in [6, 6.07) is 3.60. The third-order valence-corrected chi connectivity index (χ3v) is 5.79. The minimum atomic E-state index is -0.0395. The number of aromatic nitrogens is 3. The summed E-state index contributed by atoms with van der Waals surface area (Å²) in [6.45, 7) is 4.48. The summed E-state index contributed by atoms with van der Waals surface area (Å²) in [5.74, 6) is 0.184. The predicted octanol–water partition coefficient (Wildman–Crippen LogP) is 2.23. The quantitative estimate of drug-likeness (QED) is 0.817. The van der Waals surface area contributed by atoms with Gasteiger partial charge in [0.15, 0.2) is 0 Å². The summed E-state index contributed by atoms with van der Waals surface area (Å²) in [6.07, 6.45) is 10.1. The zero-order valence-corrected chi connectivity index (χ0v) is 16.2. The van der Waals surface area contributed by atoms with E-state index in [0.717, 1.165) is 37.2 Å². The molecule has 0 aromatic carbocycles. The number of carbonyl (C=O) groups excluding carboxylic acids is 2. The fourth-order valence-corrected chi connectivity index (χ4v) is 4.33. The number of aryl methyl sites for hydroxylation is 1.